The van der Waals surface area contributed by atoms with Gasteiger partial charge in [0.1, 0.15) is 0 Å². The second-order valence-electron chi connectivity index (χ2n) is 7.63. The number of rotatable bonds is 15. The molecule has 1 rings (SSSR count). The van der Waals surface area contributed by atoms with Crippen molar-refractivity contribution in [1.29, 1.82) is 0 Å². The largest absolute Gasteiger partial charge is 0.306 e. The van der Waals surface area contributed by atoms with Crippen LogP contribution < -0.4 is 0 Å². The number of benzene rings is 1. The van der Waals surface area contributed by atoms with E-state index in [1.165, 1.54) is 89.0 Å². The van der Waals surface area contributed by atoms with Gasteiger partial charge in [0.15, 0.2) is 0 Å². The SMILES string of the molecule is CCCCCCCCCCCCCC(Cc1ccccc1)N(C)C. The molecule has 138 valence electrons. The van der Waals surface area contributed by atoms with E-state index in [1.54, 1.807) is 0 Å². The van der Waals surface area contributed by atoms with Crippen molar-refractivity contribution < 1.29 is 0 Å². The van der Waals surface area contributed by atoms with Crippen molar-refractivity contribution in [2.75, 3.05) is 14.1 Å². The Bertz CT molecular complexity index is 371. The molecule has 0 N–H and O–H groups in total. The number of unbranched alkanes of at least 4 members (excludes halogenated alkanes) is 10. The van der Waals surface area contributed by atoms with E-state index in [4.69, 9.17) is 0 Å². The van der Waals surface area contributed by atoms with E-state index in [0.717, 1.165) is 0 Å². The van der Waals surface area contributed by atoms with Crippen LogP contribution in [0.4, 0.5) is 0 Å². The van der Waals surface area contributed by atoms with Gasteiger partial charge in [-0.2, -0.15) is 0 Å². The quantitative estimate of drug-likeness (QED) is 0.317. The summed E-state index contributed by atoms with van der Waals surface area (Å²) in [6.45, 7) is 2.29. The summed E-state index contributed by atoms with van der Waals surface area (Å²) in [6, 6.07) is 11.6. The summed E-state index contributed by atoms with van der Waals surface area (Å²) in [7, 11) is 4.46. The first-order chi connectivity index (χ1) is 11.7. The molecule has 0 radical (unpaired) electrons. The fourth-order valence-corrected chi connectivity index (χ4v) is 3.47. The molecule has 0 fully saturated rings. The zero-order chi connectivity index (χ0) is 17.5. The van der Waals surface area contributed by atoms with Crippen molar-refractivity contribution in [2.45, 2.75) is 96.4 Å². The molecule has 0 saturated heterocycles. The third-order valence-electron chi connectivity index (χ3n) is 5.19. The van der Waals surface area contributed by atoms with Crippen LogP contribution >= 0.6 is 0 Å². The average Bonchev–Trinajstić information content (AvgIpc) is 2.59. The van der Waals surface area contributed by atoms with Crippen molar-refractivity contribution in [3.05, 3.63) is 35.9 Å². The summed E-state index contributed by atoms with van der Waals surface area (Å²) < 4.78 is 0. The molecule has 0 saturated carbocycles. The molecule has 0 heterocycles. The van der Waals surface area contributed by atoms with Crippen LogP contribution in [-0.4, -0.2) is 25.0 Å². The fraction of sp³-hybridized carbons (Fsp3) is 0.739. The lowest BCUT2D eigenvalue weighted by Crippen LogP contribution is -2.30. The second kappa shape index (κ2) is 14.5. The van der Waals surface area contributed by atoms with Crippen LogP contribution in [0.5, 0.6) is 0 Å². The Hall–Kier alpha value is -0.820. The molecular formula is C23H41N. The number of hydrogen-bond acceptors (Lipinski definition) is 1. The Kier molecular flexibility index (Phi) is 12.8. The molecule has 0 aliphatic heterocycles. The zero-order valence-corrected chi connectivity index (χ0v) is 16.6. The maximum atomic E-state index is 2.41. The van der Waals surface area contributed by atoms with Gasteiger partial charge in [0.2, 0.25) is 0 Å². The number of nitrogens with zero attached hydrogens (tertiary/aromatic N) is 1. The normalized spacial score (nSPS) is 12.7. The maximum Gasteiger partial charge on any atom is 0.0130 e. The van der Waals surface area contributed by atoms with Gasteiger partial charge in [-0.15, -0.1) is 0 Å². The highest BCUT2D eigenvalue weighted by Crippen LogP contribution is 2.16. The Morgan fingerprint density at radius 3 is 1.71 bits per heavy atom. The van der Waals surface area contributed by atoms with Crippen molar-refractivity contribution in [1.82, 2.24) is 4.90 Å². The Morgan fingerprint density at radius 1 is 0.708 bits per heavy atom. The molecule has 1 unspecified atom stereocenters. The lowest BCUT2D eigenvalue weighted by molar-refractivity contribution is 0.269. The molecular weight excluding hydrogens is 290 g/mol. The van der Waals surface area contributed by atoms with Gasteiger partial charge >= 0.3 is 0 Å². The molecule has 24 heavy (non-hydrogen) atoms. The minimum absolute atomic E-state index is 0.686. The Labute approximate surface area is 151 Å². The highest BCUT2D eigenvalue weighted by Gasteiger charge is 2.11. The molecule has 1 atom stereocenters. The van der Waals surface area contributed by atoms with Gasteiger partial charge in [-0.3, -0.25) is 0 Å². The summed E-state index contributed by atoms with van der Waals surface area (Å²) in [4.78, 5) is 2.41. The molecule has 1 heteroatoms. The van der Waals surface area contributed by atoms with Gasteiger partial charge in [0.05, 0.1) is 0 Å². The lowest BCUT2D eigenvalue weighted by atomic mass is 9.98. The summed E-state index contributed by atoms with van der Waals surface area (Å²) in [6.07, 6.45) is 18.2. The molecule has 0 aliphatic rings. The van der Waals surface area contributed by atoms with Gasteiger partial charge in [-0.05, 0) is 32.5 Å². The predicted octanol–water partition coefficient (Wildman–Crippen LogP) is 6.86. The van der Waals surface area contributed by atoms with Crippen LogP contribution in [0.25, 0.3) is 0 Å². The summed E-state index contributed by atoms with van der Waals surface area (Å²) in [5.74, 6) is 0. The maximum absolute atomic E-state index is 2.41. The van der Waals surface area contributed by atoms with Gasteiger partial charge in [-0.25, -0.2) is 0 Å². The Balaban J connectivity index is 2.01. The molecule has 1 aromatic carbocycles. The molecule has 0 amide bonds. The van der Waals surface area contributed by atoms with Gasteiger partial charge in [0, 0.05) is 6.04 Å². The standard InChI is InChI=1S/C23H41N/c1-4-5-6-7-8-9-10-11-12-13-17-20-23(24(2)3)21-22-18-15-14-16-19-22/h14-16,18-19,23H,4-13,17,20-21H2,1-3H3. The van der Waals surface area contributed by atoms with E-state index in [0.29, 0.717) is 6.04 Å². The van der Waals surface area contributed by atoms with Crippen LogP contribution in [0, 0.1) is 0 Å². The minimum Gasteiger partial charge on any atom is -0.306 e. The molecule has 0 bridgehead atoms. The van der Waals surface area contributed by atoms with Crippen molar-refractivity contribution in [2.24, 2.45) is 0 Å². The van der Waals surface area contributed by atoms with Crippen LogP contribution in [0.3, 0.4) is 0 Å². The van der Waals surface area contributed by atoms with E-state index < -0.39 is 0 Å². The van der Waals surface area contributed by atoms with Crippen LogP contribution in [0.2, 0.25) is 0 Å². The first kappa shape index (κ1) is 21.2. The van der Waals surface area contributed by atoms with E-state index >= 15 is 0 Å². The van der Waals surface area contributed by atoms with Crippen molar-refractivity contribution in [3.63, 3.8) is 0 Å². The highest BCUT2D eigenvalue weighted by molar-refractivity contribution is 5.15. The van der Waals surface area contributed by atoms with Crippen LogP contribution in [-0.2, 0) is 6.42 Å². The third-order valence-corrected chi connectivity index (χ3v) is 5.19. The van der Waals surface area contributed by atoms with E-state index in [9.17, 15) is 0 Å². The third kappa shape index (κ3) is 10.9. The molecule has 0 spiro atoms. The van der Waals surface area contributed by atoms with Gasteiger partial charge in [0.25, 0.3) is 0 Å². The topological polar surface area (TPSA) is 3.24 Å². The smallest absolute Gasteiger partial charge is 0.0130 e. The number of hydrogen-bond donors (Lipinski definition) is 0. The minimum atomic E-state index is 0.686. The molecule has 0 aliphatic carbocycles. The predicted molar refractivity (Wildman–Crippen MR) is 109 cm³/mol. The highest BCUT2D eigenvalue weighted by atomic mass is 15.1. The Morgan fingerprint density at radius 2 is 1.21 bits per heavy atom. The van der Waals surface area contributed by atoms with E-state index in [1.807, 2.05) is 0 Å². The molecule has 1 aromatic rings. The first-order valence-corrected chi connectivity index (χ1v) is 10.4. The lowest BCUT2D eigenvalue weighted by Gasteiger charge is -2.24. The molecule has 0 aromatic heterocycles. The first-order valence-electron chi connectivity index (χ1n) is 10.4. The van der Waals surface area contributed by atoms with Crippen LogP contribution in [0.1, 0.15) is 89.5 Å². The van der Waals surface area contributed by atoms with E-state index in [-0.39, 0.29) is 0 Å². The second-order valence-corrected chi connectivity index (χ2v) is 7.63. The monoisotopic (exact) mass is 331 g/mol. The van der Waals surface area contributed by atoms with E-state index in [2.05, 4.69) is 56.3 Å². The van der Waals surface area contributed by atoms with Crippen LogP contribution in [0.15, 0.2) is 30.3 Å². The molecule has 1 nitrogen and oxygen atoms in total. The van der Waals surface area contributed by atoms with Gasteiger partial charge in [-0.1, -0.05) is 108 Å². The van der Waals surface area contributed by atoms with Gasteiger partial charge < -0.3 is 4.90 Å². The summed E-state index contributed by atoms with van der Waals surface area (Å²) >= 11 is 0. The zero-order valence-electron chi connectivity index (χ0n) is 16.6. The van der Waals surface area contributed by atoms with Crippen molar-refractivity contribution in [3.8, 4) is 0 Å². The fourth-order valence-electron chi connectivity index (χ4n) is 3.47. The number of likely N-dealkylation sites (N-methyl/N-ethyl adjacent to an activating group) is 1. The average molecular weight is 332 g/mol. The summed E-state index contributed by atoms with van der Waals surface area (Å²) in [5, 5.41) is 0. The summed E-state index contributed by atoms with van der Waals surface area (Å²) in [5.41, 5.74) is 1.47. The van der Waals surface area contributed by atoms with Crippen molar-refractivity contribution >= 4 is 0 Å².